The van der Waals surface area contributed by atoms with E-state index in [1.165, 1.54) is 16.3 Å². The van der Waals surface area contributed by atoms with Crippen molar-refractivity contribution < 1.29 is 12.6 Å². The Morgan fingerprint density at radius 3 is 1.71 bits per heavy atom. The summed E-state index contributed by atoms with van der Waals surface area (Å²) in [6, 6.07) is 40.1. The van der Waals surface area contributed by atoms with Crippen LogP contribution in [0.4, 0.5) is 0 Å². The molecular formula is C44H26O. The molecule has 0 atom stereocenters. The van der Waals surface area contributed by atoms with E-state index in [0.29, 0.717) is 16.4 Å². The first-order valence-electron chi connectivity index (χ1n) is 18.0. The van der Waals surface area contributed by atoms with Crippen LogP contribution in [0.2, 0.25) is 0 Å². The Labute approximate surface area is 268 Å². The van der Waals surface area contributed by atoms with Gasteiger partial charge in [-0.05, 0) is 82.8 Å². The minimum absolute atomic E-state index is 0.0110. The summed E-state index contributed by atoms with van der Waals surface area (Å²) in [6.07, 6.45) is 0. The van der Waals surface area contributed by atoms with E-state index < -0.39 is 12.1 Å². The van der Waals surface area contributed by atoms with Crippen LogP contribution in [-0.2, 0) is 0 Å². The summed E-state index contributed by atoms with van der Waals surface area (Å²) in [5, 5.41) is 9.66. The highest BCUT2D eigenvalue weighted by Crippen LogP contribution is 2.48. The molecule has 0 saturated heterocycles. The molecular weight excluding hydrogens is 544 g/mol. The number of hydrogen-bond acceptors (Lipinski definition) is 1. The van der Waals surface area contributed by atoms with Gasteiger partial charge in [0, 0.05) is 16.2 Å². The lowest BCUT2D eigenvalue weighted by Crippen LogP contribution is -1.92. The fraction of sp³-hybridized carbons (Fsp3) is 0. The molecule has 0 amide bonds. The molecule has 1 heteroatoms. The summed E-state index contributed by atoms with van der Waals surface area (Å²) in [6.45, 7) is 0. The molecule has 0 aliphatic heterocycles. The van der Waals surface area contributed by atoms with Crippen molar-refractivity contribution >= 4 is 75.8 Å². The topological polar surface area (TPSA) is 13.1 Å². The van der Waals surface area contributed by atoms with E-state index in [4.69, 9.17) is 12.6 Å². The van der Waals surface area contributed by atoms with Gasteiger partial charge in [-0.1, -0.05) is 145 Å². The van der Waals surface area contributed by atoms with Gasteiger partial charge in [-0.3, -0.25) is 0 Å². The van der Waals surface area contributed by atoms with Crippen molar-refractivity contribution in [3.8, 4) is 22.3 Å². The van der Waals surface area contributed by atoms with Crippen molar-refractivity contribution in [3.63, 3.8) is 0 Å². The van der Waals surface area contributed by atoms with Gasteiger partial charge in [0.05, 0.1) is 8.22 Å². The molecule has 0 spiro atoms. The molecule has 1 nitrogen and oxygen atoms in total. The Bertz CT molecular complexity index is 3100. The number of benzene rings is 9. The molecule has 9 aromatic carbocycles. The van der Waals surface area contributed by atoms with Gasteiger partial charge < -0.3 is 4.42 Å². The molecule has 0 bridgehead atoms. The highest BCUT2D eigenvalue weighted by Gasteiger charge is 2.21. The van der Waals surface area contributed by atoms with Crippen molar-refractivity contribution in [1.82, 2.24) is 0 Å². The van der Waals surface area contributed by atoms with Crippen molar-refractivity contribution in [3.05, 3.63) is 158 Å². The van der Waals surface area contributed by atoms with Crippen molar-refractivity contribution in [1.29, 1.82) is 0 Å². The van der Waals surface area contributed by atoms with Gasteiger partial charge in [0.1, 0.15) is 11.2 Å². The van der Waals surface area contributed by atoms with Crippen LogP contribution < -0.4 is 0 Å². The van der Waals surface area contributed by atoms with Gasteiger partial charge in [0.2, 0.25) is 0 Å². The second-order valence-corrected chi connectivity index (χ2v) is 11.5. The van der Waals surface area contributed by atoms with Crippen LogP contribution in [0.1, 0.15) is 8.22 Å². The smallest absolute Gasteiger partial charge is 0.143 e. The van der Waals surface area contributed by atoms with E-state index in [9.17, 15) is 0 Å². The van der Waals surface area contributed by atoms with Gasteiger partial charge >= 0.3 is 0 Å². The molecule has 0 unspecified atom stereocenters. The predicted molar refractivity (Wildman–Crippen MR) is 192 cm³/mol. The third-order valence-corrected chi connectivity index (χ3v) is 9.18. The average Bonchev–Trinajstić information content (AvgIpc) is 3.56. The van der Waals surface area contributed by atoms with Crippen LogP contribution in [0.5, 0.6) is 0 Å². The Kier molecular flexibility index (Phi) is 4.00. The predicted octanol–water partition coefficient (Wildman–Crippen LogP) is 12.7. The number of rotatable bonds is 2. The maximum absolute atomic E-state index is 9.13. The van der Waals surface area contributed by atoms with Crippen molar-refractivity contribution in [2.24, 2.45) is 0 Å². The number of fused-ring (bicyclic) bond motifs is 10. The lowest BCUT2D eigenvalue weighted by Gasteiger charge is -2.19. The lowest BCUT2D eigenvalue weighted by molar-refractivity contribution is 0.673. The lowest BCUT2D eigenvalue weighted by atomic mass is 9.83. The number of hydrogen-bond donors (Lipinski definition) is 0. The van der Waals surface area contributed by atoms with Crippen LogP contribution >= 0.6 is 0 Å². The highest BCUT2D eigenvalue weighted by molar-refractivity contribution is 6.30. The van der Waals surface area contributed by atoms with E-state index >= 15 is 0 Å². The van der Waals surface area contributed by atoms with Crippen LogP contribution in [0.25, 0.3) is 98.1 Å². The fourth-order valence-electron chi connectivity index (χ4n) is 7.32. The summed E-state index contributed by atoms with van der Waals surface area (Å²) in [7, 11) is 0. The molecule has 10 rings (SSSR count). The summed E-state index contributed by atoms with van der Waals surface area (Å²) in [5.41, 5.74) is 4.99. The third kappa shape index (κ3) is 3.44. The average molecular weight is 577 g/mol. The van der Waals surface area contributed by atoms with Gasteiger partial charge in [0.25, 0.3) is 0 Å². The highest BCUT2D eigenvalue weighted by atomic mass is 16.3. The minimum Gasteiger partial charge on any atom is -0.455 e. The van der Waals surface area contributed by atoms with E-state index in [1.54, 1.807) is 0 Å². The normalized spacial score (nSPS) is 13.9. The monoisotopic (exact) mass is 576 g/mol. The molecule has 10 aromatic rings. The van der Waals surface area contributed by atoms with Gasteiger partial charge in [-0.15, -0.1) is 0 Å². The Balaban J connectivity index is 1.39. The minimum atomic E-state index is -0.436. The summed E-state index contributed by atoms with van der Waals surface area (Å²) >= 11 is 0. The van der Waals surface area contributed by atoms with Crippen LogP contribution in [0.3, 0.4) is 0 Å². The van der Waals surface area contributed by atoms with E-state index in [1.807, 2.05) is 24.3 Å². The Morgan fingerprint density at radius 1 is 0.400 bits per heavy atom. The summed E-state index contributed by atoms with van der Waals surface area (Å²) in [4.78, 5) is 0. The molecule has 0 N–H and O–H groups in total. The molecule has 0 radical (unpaired) electrons. The molecule has 45 heavy (non-hydrogen) atoms. The van der Waals surface area contributed by atoms with Crippen molar-refractivity contribution in [2.75, 3.05) is 0 Å². The first-order chi connectivity index (χ1) is 24.8. The third-order valence-electron chi connectivity index (χ3n) is 9.18. The molecule has 0 aliphatic carbocycles. The zero-order valence-corrected chi connectivity index (χ0v) is 24.0. The second-order valence-electron chi connectivity index (χ2n) is 11.5. The van der Waals surface area contributed by atoms with E-state index in [0.717, 1.165) is 49.0 Å². The number of furan rings is 1. The Hall–Kier alpha value is -5.92. The molecule has 0 saturated carbocycles. The van der Waals surface area contributed by atoms with Gasteiger partial charge in [0.15, 0.2) is 0 Å². The Morgan fingerprint density at radius 2 is 0.978 bits per heavy atom. The first-order valence-corrected chi connectivity index (χ1v) is 15.0. The fourth-order valence-corrected chi connectivity index (χ4v) is 7.32. The SMILES string of the molecule is [2H]c1c([2H])c([2H])c2c(c1[2H])c([2H])c([2H])c1c2oc2cc(-c3c4ccccc4c(-c4cccc5ccccc45)c4ccccc34)c3ccccc3c21. The summed E-state index contributed by atoms with van der Waals surface area (Å²) < 4.78 is 58.7. The van der Waals surface area contributed by atoms with Crippen LogP contribution in [0, 0.1) is 0 Å². The maximum Gasteiger partial charge on any atom is 0.143 e. The van der Waals surface area contributed by atoms with Crippen molar-refractivity contribution in [2.45, 2.75) is 0 Å². The second kappa shape index (κ2) is 9.29. The molecule has 0 fully saturated rings. The van der Waals surface area contributed by atoms with Gasteiger partial charge in [-0.25, -0.2) is 0 Å². The van der Waals surface area contributed by atoms with Gasteiger partial charge in [-0.2, -0.15) is 0 Å². The van der Waals surface area contributed by atoms with E-state index in [-0.39, 0.29) is 40.5 Å². The quantitative estimate of drug-likeness (QED) is 0.187. The summed E-state index contributed by atoms with van der Waals surface area (Å²) in [5.74, 6) is 0. The molecule has 1 heterocycles. The maximum atomic E-state index is 9.13. The molecule has 0 aliphatic rings. The largest absolute Gasteiger partial charge is 0.455 e. The zero-order valence-electron chi connectivity index (χ0n) is 30.0. The molecule has 1 aromatic heterocycles. The first kappa shape index (κ1) is 19.4. The standard InChI is InChI=1S/C44H26O/c1-3-15-29-27(12-1)14-11-23-32(29)41-34-19-7-9-21-36(34)42(37-22-10-8-20-35(37)41)39-26-40-43(33-18-6-5-17-31(33)39)38-25-24-28-13-2-4-16-30(28)44(38)45-40/h1-26H/i2D,4D,13D,16D,24D,25D. The van der Waals surface area contributed by atoms with E-state index in [2.05, 4.69) is 97.1 Å². The molecule has 208 valence electrons. The van der Waals surface area contributed by atoms with Crippen LogP contribution in [0.15, 0.2) is 162 Å². The zero-order chi connectivity index (χ0) is 34.7. The van der Waals surface area contributed by atoms with Crippen LogP contribution in [-0.4, -0.2) is 0 Å².